The number of nitrogens with zero attached hydrogens (tertiary/aromatic N) is 4. The molecule has 0 fully saturated rings. The number of anilines is 1. The van der Waals surface area contributed by atoms with Crippen molar-refractivity contribution in [2.75, 3.05) is 5.32 Å². The Labute approximate surface area is 144 Å². The number of tetrazole rings is 1. The second-order valence-corrected chi connectivity index (χ2v) is 6.03. The number of aryl methyl sites for hydroxylation is 2. The van der Waals surface area contributed by atoms with E-state index in [1.165, 1.54) is 4.68 Å². The summed E-state index contributed by atoms with van der Waals surface area (Å²) in [6.07, 6.45) is 0. The summed E-state index contributed by atoms with van der Waals surface area (Å²) in [5.41, 5.74) is 3.74. The molecule has 6 nitrogen and oxygen atoms in total. The molecule has 0 aliphatic heterocycles. The Morgan fingerprint density at radius 2 is 1.79 bits per heavy atom. The lowest BCUT2D eigenvalue weighted by Gasteiger charge is -2.08. The van der Waals surface area contributed by atoms with Gasteiger partial charge in [-0.3, -0.25) is 4.79 Å². The standard InChI is InChI=1S/C17H16ClN5O/c1-11-7-12(2)9-15(8-11)19-16(24)10-23-17(20-21-22-23)13-3-5-14(18)6-4-13/h3-9H,10H2,1-2H3,(H,19,24). The SMILES string of the molecule is Cc1cc(C)cc(NC(=O)Cn2nnnc2-c2ccc(Cl)cc2)c1. The van der Waals surface area contributed by atoms with Crippen molar-refractivity contribution in [3.05, 3.63) is 58.6 Å². The van der Waals surface area contributed by atoms with E-state index in [2.05, 4.69) is 26.9 Å². The van der Waals surface area contributed by atoms with Gasteiger partial charge in [0.25, 0.3) is 0 Å². The highest BCUT2D eigenvalue weighted by Crippen LogP contribution is 2.19. The second-order valence-electron chi connectivity index (χ2n) is 5.59. The molecule has 3 rings (SSSR count). The highest BCUT2D eigenvalue weighted by molar-refractivity contribution is 6.30. The maximum atomic E-state index is 12.3. The van der Waals surface area contributed by atoms with E-state index in [9.17, 15) is 4.79 Å². The minimum atomic E-state index is -0.192. The summed E-state index contributed by atoms with van der Waals surface area (Å²) >= 11 is 5.89. The van der Waals surface area contributed by atoms with Crippen molar-refractivity contribution in [1.29, 1.82) is 0 Å². The van der Waals surface area contributed by atoms with Crippen molar-refractivity contribution in [2.45, 2.75) is 20.4 Å². The van der Waals surface area contributed by atoms with Crippen LogP contribution in [0.5, 0.6) is 0 Å². The monoisotopic (exact) mass is 341 g/mol. The average molecular weight is 342 g/mol. The van der Waals surface area contributed by atoms with Crippen molar-refractivity contribution >= 4 is 23.2 Å². The van der Waals surface area contributed by atoms with Gasteiger partial charge >= 0.3 is 0 Å². The van der Waals surface area contributed by atoms with E-state index in [4.69, 9.17) is 11.6 Å². The zero-order valence-corrected chi connectivity index (χ0v) is 14.1. The van der Waals surface area contributed by atoms with Gasteiger partial charge in [0.1, 0.15) is 6.54 Å². The van der Waals surface area contributed by atoms with Crippen LogP contribution in [0.1, 0.15) is 11.1 Å². The van der Waals surface area contributed by atoms with E-state index < -0.39 is 0 Å². The van der Waals surface area contributed by atoms with Gasteiger partial charge in [-0.05, 0) is 71.8 Å². The van der Waals surface area contributed by atoms with Crippen LogP contribution in [0.4, 0.5) is 5.69 Å². The van der Waals surface area contributed by atoms with Crippen molar-refractivity contribution in [2.24, 2.45) is 0 Å². The van der Waals surface area contributed by atoms with Gasteiger partial charge in [-0.1, -0.05) is 17.7 Å². The Morgan fingerprint density at radius 3 is 2.46 bits per heavy atom. The summed E-state index contributed by atoms with van der Waals surface area (Å²) in [5.74, 6) is 0.324. The van der Waals surface area contributed by atoms with Gasteiger partial charge in [-0.15, -0.1) is 5.10 Å². The Hall–Kier alpha value is -2.73. The van der Waals surface area contributed by atoms with E-state index in [-0.39, 0.29) is 12.5 Å². The molecule has 0 spiro atoms. The van der Waals surface area contributed by atoms with Crippen LogP contribution in [0, 0.1) is 13.8 Å². The minimum Gasteiger partial charge on any atom is -0.324 e. The predicted molar refractivity (Wildman–Crippen MR) is 92.8 cm³/mol. The molecule has 0 aliphatic rings. The van der Waals surface area contributed by atoms with E-state index in [1.54, 1.807) is 12.1 Å². The van der Waals surface area contributed by atoms with Crippen LogP contribution >= 0.6 is 11.6 Å². The summed E-state index contributed by atoms with van der Waals surface area (Å²) in [4.78, 5) is 12.3. The summed E-state index contributed by atoms with van der Waals surface area (Å²) < 4.78 is 1.46. The van der Waals surface area contributed by atoms with Crippen molar-refractivity contribution in [1.82, 2.24) is 20.2 Å². The van der Waals surface area contributed by atoms with Gasteiger partial charge in [0.15, 0.2) is 5.82 Å². The van der Waals surface area contributed by atoms with Crippen LogP contribution in [0.2, 0.25) is 5.02 Å². The smallest absolute Gasteiger partial charge is 0.246 e. The Bertz CT molecular complexity index is 853. The topological polar surface area (TPSA) is 72.7 Å². The van der Waals surface area contributed by atoms with E-state index in [0.717, 1.165) is 22.4 Å². The zero-order valence-electron chi connectivity index (χ0n) is 13.3. The number of hydrogen-bond acceptors (Lipinski definition) is 4. The van der Waals surface area contributed by atoms with E-state index >= 15 is 0 Å². The normalized spacial score (nSPS) is 10.6. The first-order valence-electron chi connectivity index (χ1n) is 7.41. The number of hydrogen-bond donors (Lipinski definition) is 1. The van der Waals surface area contributed by atoms with Crippen LogP contribution in [-0.2, 0) is 11.3 Å². The molecule has 0 bridgehead atoms. The number of halogens is 1. The first kappa shape index (κ1) is 16.1. The molecule has 0 saturated heterocycles. The maximum absolute atomic E-state index is 12.3. The lowest BCUT2D eigenvalue weighted by atomic mass is 10.1. The molecule has 1 aromatic heterocycles. The third-order valence-corrected chi connectivity index (χ3v) is 3.69. The zero-order chi connectivity index (χ0) is 17.1. The summed E-state index contributed by atoms with van der Waals surface area (Å²) in [7, 11) is 0. The number of carbonyl (C=O) groups excluding carboxylic acids is 1. The van der Waals surface area contributed by atoms with Gasteiger partial charge < -0.3 is 5.32 Å². The fourth-order valence-corrected chi connectivity index (χ4v) is 2.63. The average Bonchev–Trinajstić information content (AvgIpc) is 2.94. The molecule has 122 valence electrons. The first-order chi connectivity index (χ1) is 11.5. The summed E-state index contributed by atoms with van der Waals surface area (Å²) in [6, 6.07) is 13.0. The van der Waals surface area contributed by atoms with Crippen molar-refractivity contribution in [3.63, 3.8) is 0 Å². The van der Waals surface area contributed by atoms with Gasteiger partial charge in [0, 0.05) is 16.3 Å². The molecule has 0 atom stereocenters. The number of amides is 1. The summed E-state index contributed by atoms with van der Waals surface area (Å²) in [6.45, 7) is 4.00. The van der Waals surface area contributed by atoms with Crippen LogP contribution in [0.25, 0.3) is 11.4 Å². The molecule has 2 aromatic carbocycles. The lowest BCUT2D eigenvalue weighted by Crippen LogP contribution is -2.20. The van der Waals surface area contributed by atoms with Gasteiger partial charge in [0.2, 0.25) is 5.91 Å². The van der Waals surface area contributed by atoms with E-state index in [1.807, 2.05) is 38.1 Å². The predicted octanol–water partition coefficient (Wildman–Crippen LogP) is 3.25. The molecule has 0 radical (unpaired) electrons. The molecule has 7 heteroatoms. The Balaban J connectivity index is 1.76. The molecule has 1 N–H and O–H groups in total. The number of aromatic nitrogens is 4. The molecule has 0 aliphatic carbocycles. The molecule has 0 unspecified atom stereocenters. The Morgan fingerprint density at radius 1 is 1.12 bits per heavy atom. The number of benzene rings is 2. The molecule has 0 saturated carbocycles. The third kappa shape index (κ3) is 3.78. The number of carbonyl (C=O) groups is 1. The van der Waals surface area contributed by atoms with Crippen molar-refractivity contribution < 1.29 is 4.79 Å². The second kappa shape index (κ2) is 6.80. The third-order valence-electron chi connectivity index (χ3n) is 3.43. The first-order valence-corrected chi connectivity index (χ1v) is 7.79. The molecule has 24 heavy (non-hydrogen) atoms. The molecule has 1 amide bonds. The van der Waals surface area contributed by atoms with Crippen LogP contribution < -0.4 is 5.32 Å². The maximum Gasteiger partial charge on any atom is 0.246 e. The Kier molecular flexibility index (Phi) is 4.57. The number of rotatable bonds is 4. The van der Waals surface area contributed by atoms with Crippen LogP contribution in [-0.4, -0.2) is 26.1 Å². The summed E-state index contributed by atoms with van der Waals surface area (Å²) in [5, 5.41) is 15.0. The molecule has 3 aromatic rings. The lowest BCUT2D eigenvalue weighted by molar-refractivity contribution is -0.116. The number of nitrogens with one attached hydrogen (secondary N) is 1. The van der Waals surface area contributed by atoms with Gasteiger partial charge in [0.05, 0.1) is 0 Å². The molecule has 1 heterocycles. The van der Waals surface area contributed by atoms with Gasteiger partial charge in [-0.25, -0.2) is 4.68 Å². The van der Waals surface area contributed by atoms with Gasteiger partial charge in [-0.2, -0.15) is 0 Å². The largest absolute Gasteiger partial charge is 0.324 e. The fourth-order valence-electron chi connectivity index (χ4n) is 2.50. The highest BCUT2D eigenvalue weighted by atomic mass is 35.5. The quantitative estimate of drug-likeness (QED) is 0.790. The van der Waals surface area contributed by atoms with E-state index in [0.29, 0.717) is 10.8 Å². The highest BCUT2D eigenvalue weighted by Gasteiger charge is 2.12. The minimum absolute atomic E-state index is 0.0257. The van der Waals surface area contributed by atoms with Crippen molar-refractivity contribution in [3.8, 4) is 11.4 Å². The molecular formula is C17H16ClN5O. The fraction of sp³-hybridized carbons (Fsp3) is 0.176. The van der Waals surface area contributed by atoms with Crippen LogP contribution in [0.15, 0.2) is 42.5 Å². The molecular weight excluding hydrogens is 326 g/mol. The van der Waals surface area contributed by atoms with Crippen LogP contribution in [0.3, 0.4) is 0 Å².